The zero-order valence-corrected chi connectivity index (χ0v) is 12.3. The van der Waals surface area contributed by atoms with Gasteiger partial charge in [-0.05, 0) is 25.1 Å². The van der Waals surface area contributed by atoms with E-state index in [2.05, 4.69) is 15.3 Å². The lowest BCUT2D eigenvalue weighted by Gasteiger charge is -2.16. The van der Waals surface area contributed by atoms with Gasteiger partial charge in [-0.15, -0.1) is 0 Å². The second kappa shape index (κ2) is 6.21. The van der Waals surface area contributed by atoms with E-state index in [-0.39, 0.29) is 11.1 Å². The molecule has 0 bridgehead atoms. The summed E-state index contributed by atoms with van der Waals surface area (Å²) >= 11 is 0. The van der Waals surface area contributed by atoms with Gasteiger partial charge < -0.3 is 15.2 Å². The summed E-state index contributed by atoms with van der Waals surface area (Å²) < 4.78 is 0. The van der Waals surface area contributed by atoms with E-state index < -0.39 is 5.91 Å². The molecule has 21 heavy (non-hydrogen) atoms. The van der Waals surface area contributed by atoms with Crippen LogP contribution in [0.1, 0.15) is 21.6 Å². The first kappa shape index (κ1) is 14.8. The lowest BCUT2D eigenvalue weighted by Crippen LogP contribution is -2.30. The van der Waals surface area contributed by atoms with Gasteiger partial charge in [0, 0.05) is 38.1 Å². The summed E-state index contributed by atoms with van der Waals surface area (Å²) in [5, 5.41) is 2.75. The SMILES string of the molecule is Cc1ccc(C(=O)NCc2cccnc2N(C)C)c(=O)[nH]1. The smallest absolute Gasteiger partial charge is 0.260 e. The number of H-pyrrole nitrogens is 1. The van der Waals surface area contributed by atoms with Gasteiger partial charge in [-0.3, -0.25) is 9.59 Å². The first-order chi connectivity index (χ1) is 9.99. The number of aromatic nitrogens is 2. The van der Waals surface area contributed by atoms with E-state index in [4.69, 9.17) is 0 Å². The number of aryl methyl sites for hydroxylation is 1. The monoisotopic (exact) mass is 286 g/mol. The third-order valence-electron chi connectivity index (χ3n) is 3.03. The van der Waals surface area contributed by atoms with Crippen LogP contribution >= 0.6 is 0 Å². The number of aromatic amines is 1. The molecule has 0 spiro atoms. The number of amides is 1. The summed E-state index contributed by atoms with van der Waals surface area (Å²) in [4.78, 5) is 32.5. The molecule has 0 radical (unpaired) electrons. The number of hydrogen-bond donors (Lipinski definition) is 2. The quantitative estimate of drug-likeness (QED) is 0.881. The largest absolute Gasteiger partial charge is 0.362 e. The average molecular weight is 286 g/mol. The Hall–Kier alpha value is -2.63. The Labute approximate surface area is 122 Å². The second-order valence-corrected chi connectivity index (χ2v) is 4.95. The Morgan fingerprint density at radius 1 is 1.33 bits per heavy atom. The molecule has 0 unspecified atom stereocenters. The van der Waals surface area contributed by atoms with Crippen molar-refractivity contribution in [1.82, 2.24) is 15.3 Å². The highest BCUT2D eigenvalue weighted by atomic mass is 16.2. The molecule has 1 amide bonds. The van der Waals surface area contributed by atoms with Gasteiger partial charge in [0.05, 0.1) is 0 Å². The van der Waals surface area contributed by atoms with E-state index in [1.165, 1.54) is 6.07 Å². The lowest BCUT2D eigenvalue weighted by atomic mass is 10.2. The predicted octanol–water partition coefficient (Wildman–Crippen LogP) is 1.07. The minimum absolute atomic E-state index is 0.107. The Morgan fingerprint density at radius 3 is 2.76 bits per heavy atom. The van der Waals surface area contributed by atoms with Crippen molar-refractivity contribution in [2.45, 2.75) is 13.5 Å². The van der Waals surface area contributed by atoms with Crippen LogP contribution in [0.25, 0.3) is 0 Å². The van der Waals surface area contributed by atoms with Crippen LogP contribution in [-0.4, -0.2) is 30.0 Å². The Bertz CT molecular complexity index is 707. The van der Waals surface area contributed by atoms with Crippen LogP contribution in [0.4, 0.5) is 5.82 Å². The maximum Gasteiger partial charge on any atom is 0.260 e. The van der Waals surface area contributed by atoms with Crippen LogP contribution in [0.3, 0.4) is 0 Å². The fourth-order valence-electron chi connectivity index (χ4n) is 1.99. The number of carbonyl (C=O) groups is 1. The number of pyridine rings is 2. The van der Waals surface area contributed by atoms with Crippen molar-refractivity contribution in [2.24, 2.45) is 0 Å². The van der Waals surface area contributed by atoms with Crippen LogP contribution in [0.5, 0.6) is 0 Å². The summed E-state index contributed by atoms with van der Waals surface area (Å²) in [6.45, 7) is 2.08. The van der Waals surface area contributed by atoms with Crippen LogP contribution in [0.15, 0.2) is 35.3 Å². The van der Waals surface area contributed by atoms with E-state index in [9.17, 15) is 9.59 Å². The number of hydrogen-bond acceptors (Lipinski definition) is 4. The zero-order valence-electron chi connectivity index (χ0n) is 12.3. The highest BCUT2D eigenvalue weighted by Gasteiger charge is 2.11. The lowest BCUT2D eigenvalue weighted by molar-refractivity contribution is 0.0949. The number of carbonyl (C=O) groups excluding carboxylic acids is 1. The van der Waals surface area contributed by atoms with Gasteiger partial charge in [-0.2, -0.15) is 0 Å². The molecule has 0 aromatic carbocycles. The van der Waals surface area contributed by atoms with Gasteiger partial charge in [0.15, 0.2) is 0 Å². The van der Waals surface area contributed by atoms with E-state index in [0.717, 1.165) is 17.1 Å². The molecule has 6 nitrogen and oxygen atoms in total. The number of nitrogens with zero attached hydrogens (tertiary/aromatic N) is 2. The molecule has 2 aromatic rings. The minimum Gasteiger partial charge on any atom is -0.362 e. The molecule has 110 valence electrons. The van der Waals surface area contributed by atoms with Gasteiger partial charge in [-0.25, -0.2) is 4.98 Å². The number of rotatable bonds is 4. The summed E-state index contributed by atoms with van der Waals surface area (Å²) in [6.07, 6.45) is 1.70. The van der Waals surface area contributed by atoms with E-state index >= 15 is 0 Å². The minimum atomic E-state index is -0.398. The van der Waals surface area contributed by atoms with Crippen molar-refractivity contribution < 1.29 is 4.79 Å². The Morgan fingerprint density at radius 2 is 2.10 bits per heavy atom. The van der Waals surface area contributed by atoms with Crippen molar-refractivity contribution in [3.05, 3.63) is 57.6 Å². The summed E-state index contributed by atoms with van der Waals surface area (Å²) in [5.74, 6) is 0.389. The van der Waals surface area contributed by atoms with Crippen molar-refractivity contribution >= 4 is 11.7 Å². The predicted molar refractivity (Wildman–Crippen MR) is 81.5 cm³/mol. The molecule has 0 aliphatic rings. The van der Waals surface area contributed by atoms with E-state index in [0.29, 0.717) is 6.54 Å². The Kier molecular flexibility index (Phi) is 4.37. The van der Waals surface area contributed by atoms with Crippen LogP contribution < -0.4 is 15.8 Å². The van der Waals surface area contributed by atoms with Crippen molar-refractivity contribution in [1.29, 1.82) is 0 Å². The van der Waals surface area contributed by atoms with Gasteiger partial charge >= 0.3 is 0 Å². The second-order valence-electron chi connectivity index (χ2n) is 4.95. The fraction of sp³-hybridized carbons (Fsp3) is 0.267. The molecular formula is C15H18N4O2. The van der Waals surface area contributed by atoms with Crippen LogP contribution in [-0.2, 0) is 6.54 Å². The van der Waals surface area contributed by atoms with E-state index in [1.54, 1.807) is 19.2 Å². The molecule has 2 heterocycles. The third-order valence-corrected chi connectivity index (χ3v) is 3.03. The highest BCUT2D eigenvalue weighted by Crippen LogP contribution is 2.13. The summed E-state index contributed by atoms with van der Waals surface area (Å²) in [5.41, 5.74) is 1.33. The van der Waals surface area contributed by atoms with E-state index in [1.807, 2.05) is 31.1 Å². The highest BCUT2D eigenvalue weighted by molar-refractivity contribution is 5.93. The third kappa shape index (κ3) is 3.47. The van der Waals surface area contributed by atoms with Crippen LogP contribution in [0.2, 0.25) is 0 Å². The molecule has 2 rings (SSSR count). The normalized spacial score (nSPS) is 10.2. The topological polar surface area (TPSA) is 78.1 Å². The van der Waals surface area contributed by atoms with Gasteiger partial charge in [0.2, 0.25) is 0 Å². The molecule has 0 aliphatic heterocycles. The number of anilines is 1. The standard InChI is InChI=1S/C15H18N4O2/c1-10-6-7-12(15(21)18-10)14(20)17-9-11-5-4-8-16-13(11)19(2)3/h4-8H,9H2,1-3H3,(H,17,20)(H,18,21). The molecule has 2 aromatic heterocycles. The Balaban J connectivity index is 2.13. The summed E-state index contributed by atoms with van der Waals surface area (Å²) in [6, 6.07) is 6.93. The molecule has 0 saturated carbocycles. The molecule has 0 saturated heterocycles. The zero-order chi connectivity index (χ0) is 15.4. The maximum atomic E-state index is 12.1. The molecule has 6 heteroatoms. The van der Waals surface area contributed by atoms with Gasteiger partial charge in [0.25, 0.3) is 11.5 Å². The molecule has 0 atom stereocenters. The molecule has 2 N–H and O–H groups in total. The maximum absolute atomic E-state index is 12.1. The molecule has 0 fully saturated rings. The van der Waals surface area contributed by atoms with Gasteiger partial charge in [0.1, 0.15) is 11.4 Å². The van der Waals surface area contributed by atoms with Crippen LogP contribution in [0, 0.1) is 6.92 Å². The van der Waals surface area contributed by atoms with Crippen molar-refractivity contribution in [3.8, 4) is 0 Å². The first-order valence-corrected chi connectivity index (χ1v) is 6.58. The average Bonchev–Trinajstić information content (AvgIpc) is 2.45. The first-order valence-electron chi connectivity index (χ1n) is 6.58. The molecular weight excluding hydrogens is 268 g/mol. The summed E-state index contributed by atoms with van der Waals surface area (Å²) in [7, 11) is 3.77. The number of nitrogens with one attached hydrogen (secondary N) is 2. The fourth-order valence-corrected chi connectivity index (χ4v) is 1.99. The molecule has 0 aliphatic carbocycles. The van der Waals surface area contributed by atoms with Gasteiger partial charge in [-0.1, -0.05) is 6.07 Å². The van der Waals surface area contributed by atoms with Crippen molar-refractivity contribution in [2.75, 3.05) is 19.0 Å². The van der Waals surface area contributed by atoms with Crippen molar-refractivity contribution in [3.63, 3.8) is 0 Å².